The van der Waals surface area contributed by atoms with E-state index in [1.54, 1.807) is 36.7 Å². The van der Waals surface area contributed by atoms with Crippen molar-refractivity contribution < 1.29 is 18.8 Å². The minimum Gasteiger partial charge on any atom is -0.289 e. The van der Waals surface area contributed by atoms with Crippen LogP contribution in [0.25, 0.3) is 10.6 Å². The van der Waals surface area contributed by atoms with E-state index in [9.17, 15) is 18.8 Å². The van der Waals surface area contributed by atoms with Crippen molar-refractivity contribution in [2.24, 2.45) is 0 Å². The van der Waals surface area contributed by atoms with E-state index < -0.39 is 17.1 Å². The molecule has 4 nitrogen and oxygen atoms in total. The van der Waals surface area contributed by atoms with Crippen molar-refractivity contribution in [1.29, 1.82) is 0 Å². The molecule has 0 spiro atoms. The zero-order chi connectivity index (χ0) is 19.2. The molecule has 138 valence electrons. The number of hydrogen-bond donors (Lipinski definition) is 2. The number of hydrogen-bond acceptors (Lipinski definition) is 4. The lowest BCUT2D eigenvalue weighted by Gasteiger charge is -2.28. The minimum atomic E-state index is -1.10. The number of fused-ring (bicyclic) bond motifs is 1. The van der Waals surface area contributed by atoms with Gasteiger partial charge in [-0.05, 0) is 48.4 Å². The molecule has 1 aliphatic rings. The fourth-order valence-corrected chi connectivity index (χ4v) is 4.90. The number of benzene rings is 2. The highest BCUT2D eigenvalue weighted by molar-refractivity contribution is 7.15. The second-order valence-electron chi connectivity index (χ2n) is 6.68. The Morgan fingerprint density at radius 3 is 2.59 bits per heavy atom. The molecule has 0 bridgehead atoms. The average Bonchev–Trinajstić information content (AvgIpc) is 3.21. The predicted molar refractivity (Wildman–Crippen MR) is 97.7 cm³/mol. The summed E-state index contributed by atoms with van der Waals surface area (Å²) < 4.78 is 27.2. The SMILES string of the molecule is Cc1c(F)cccc1C1(C(=O)NO)Cc2nc(-c3ccc(F)cc3)sc2C1. The summed E-state index contributed by atoms with van der Waals surface area (Å²) in [5, 5.41) is 10.1. The summed E-state index contributed by atoms with van der Waals surface area (Å²) in [4.78, 5) is 18.1. The van der Waals surface area contributed by atoms with Crippen LogP contribution in [0.2, 0.25) is 0 Å². The highest BCUT2D eigenvalue weighted by Gasteiger charge is 2.48. The fraction of sp³-hybridized carbons (Fsp3) is 0.200. The summed E-state index contributed by atoms with van der Waals surface area (Å²) in [6, 6.07) is 10.7. The van der Waals surface area contributed by atoms with E-state index in [2.05, 4.69) is 4.98 Å². The van der Waals surface area contributed by atoms with Crippen LogP contribution < -0.4 is 5.48 Å². The Balaban J connectivity index is 1.75. The number of amides is 1. The zero-order valence-corrected chi connectivity index (χ0v) is 15.2. The number of carbonyl (C=O) groups excluding carboxylic acids is 1. The van der Waals surface area contributed by atoms with Crippen LogP contribution in [-0.4, -0.2) is 16.1 Å². The maximum Gasteiger partial charge on any atom is 0.254 e. The van der Waals surface area contributed by atoms with Crippen LogP contribution in [0.3, 0.4) is 0 Å². The third-order valence-electron chi connectivity index (χ3n) is 5.12. The monoisotopic (exact) mass is 386 g/mol. The van der Waals surface area contributed by atoms with Gasteiger partial charge in [-0.1, -0.05) is 12.1 Å². The molecule has 0 saturated heterocycles. The van der Waals surface area contributed by atoms with E-state index >= 15 is 0 Å². The number of halogens is 2. The second-order valence-corrected chi connectivity index (χ2v) is 7.77. The highest BCUT2D eigenvalue weighted by atomic mass is 32.1. The van der Waals surface area contributed by atoms with Crippen LogP contribution in [0.15, 0.2) is 42.5 Å². The Bertz CT molecular complexity index is 1010. The molecule has 0 aliphatic heterocycles. The molecule has 27 heavy (non-hydrogen) atoms. The summed E-state index contributed by atoms with van der Waals surface area (Å²) in [6.45, 7) is 1.63. The van der Waals surface area contributed by atoms with Crippen LogP contribution in [0.5, 0.6) is 0 Å². The van der Waals surface area contributed by atoms with Gasteiger partial charge in [0.05, 0.1) is 11.1 Å². The van der Waals surface area contributed by atoms with E-state index in [0.29, 0.717) is 17.5 Å². The van der Waals surface area contributed by atoms with Gasteiger partial charge in [-0.3, -0.25) is 10.0 Å². The Labute approximate surface area is 158 Å². The predicted octanol–water partition coefficient (Wildman–Crippen LogP) is 3.94. The smallest absolute Gasteiger partial charge is 0.254 e. The standard InChI is InChI=1S/C20H16F2N2O2S/c1-11-14(3-2-4-15(11)22)20(19(25)24-26)9-16-17(10-20)27-18(23-16)12-5-7-13(21)8-6-12/h2-8,26H,9-10H2,1H3,(H,24,25). The Hall–Kier alpha value is -2.64. The molecular formula is C20H16F2N2O2S. The van der Waals surface area contributed by atoms with E-state index in [1.165, 1.54) is 29.5 Å². The molecule has 0 saturated carbocycles. The van der Waals surface area contributed by atoms with E-state index in [1.807, 2.05) is 0 Å². The number of nitrogens with zero attached hydrogens (tertiary/aromatic N) is 1. The van der Waals surface area contributed by atoms with Gasteiger partial charge in [0.2, 0.25) is 0 Å². The Morgan fingerprint density at radius 2 is 1.93 bits per heavy atom. The largest absolute Gasteiger partial charge is 0.289 e. The molecule has 1 heterocycles. The van der Waals surface area contributed by atoms with Crippen LogP contribution >= 0.6 is 11.3 Å². The average molecular weight is 386 g/mol. The molecule has 0 fully saturated rings. The fourth-order valence-electron chi connectivity index (χ4n) is 3.70. The summed E-state index contributed by atoms with van der Waals surface area (Å²) in [5.74, 6) is -1.29. The first-order valence-electron chi connectivity index (χ1n) is 8.39. The Kier molecular flexibility index (Phi) is 4.28. The second kappa shape index (κ2) is 6.51. The highest BCUT2D eigenvalue weighted by Crippen LogP contribution is 2.45. The number of thiazole rings is 1. The lowest BCUT2D eigenvalue weighted by atomic mass is 9.75. The lowest BCUT2D eigenvalue weighted by molar-refractivity contribution is -0.135. The summed E-state index contributed by atoms with van der Waals surface area (Å²) in [5.41, 5.74) is 3.11. The summed E-state index contributed by atoms with van der Waals surface area (Å²) >= 11 is 1.43. The maximum absolute atomic E-state index is 14.1. The molecule has 7 heteroatoms. The van der Waals surface area contributed by atoms with Crippen molar-refractivity contribution >= 4 is 17.2 Å². The van der Waals surface area contributed by atoms with Gasteiger partial charge in [-0.2, -0.15) is 0 Å². The number of hydroxylamine groups is 1. The van der Waals surface area contributed by atoms with Gasteiger partial charge in [0, 0.05) is 23.3 Å². The molecule has 2 aromatic carbocycles. The van der Waals surface area contributed by atoms with Crippen molar-refractivity contribution in [3.05, 3.63) is 75.8 Å². The topological polar surface area (TPSA) is 62.2 Å². The molecule has 0 radical (unpaired) electrons. The van der Waals surface area contributed by atoms with Crippen molar-refractivity contribution in [2.45, 2.75) is 25.2 Å². The van der Waals surface area contributed by atoms with Crippen LogP contribution in [0.4, 0.5) is 8.78 Å². The van der Waals surface area contributed by atoms with Crippen molar-refractivity contribution in [3.63, 3.8) is 0 Å². The quantitative estimate of drug-likeness (QED) is 0.529. The van der Waals surface area contributed by atoms with Gasteiger partial charge in [0.15, 0.2) is 0 Å². The maximum atomic E-state index is 14.1. The number of carbonyl (C=O) groups is 1. The van der Waals surface area contributed by atoms with Gasteiger partial charge < -0.3 is 0 Å². The number of aromatic nitrogens is 1. The van der Waals surface area contributed by atoms with Gasteiger partial charge in [-0.15, -0.1) is 11.3 Å². The minimum absolute atomic E-state index is 0.261. The third-order valence-corrected chi connectivity index (χ3v) is 6.27. The normalized spacial score (nSPS) is 18.4. The molecule has 3 aromatic rings. The van der Waals surface area contributed by atoms with Crippen molar-refractivity contribution in [1.82, 2.24) is 10.5 Å². The van der Waals surface area contributed by atoms with Crippen molar-refractivity contribution in [2.75, 3.05) is 0 Å². The van der Waals surface area contributed by atoms with Crippen LogP contribution in [-0.2, 0) is 23.1 Å². The third kappa shape index (κ3) is 2.83. The molecule has 1 aromatic heterocycles. The summed E-state index contributed by atoms with van der Waals surface area (Å²) in [7, 11) is 0. The van der Waals surface area contributed by atoms with E-state index in [-0.39, 0.29) is 12.2 Å². The van der Waals surface area contributed by atoms with Gasteiger partial charge in [-0.25, -0.2) is 19.2 Å². The molecule has 1 amide bonds. The van der Waals surface area contributed by atoms with E-state index in [4.69, 9.17) is 0 Å². The number of rotatable bonds is 3. The van der Waals surface area contributed by atoms with Gasteiger partial charge >= 0.3 is 0 Å². The molecule has 4 rings (SSSR count). The van der Waals surface area contributed by atoms with Crippen molar-refractivity contribution in [3.8, 4) is 10.6 Å². The van der Waals surface area contributed by atoms with Gasteiger partial charge in [0.25, 0.3) is 5.91 Å². The molecule has 2 N–H and O–H groups in total. The first-order chi connectivity index (χ1) is 12.9. The lowest BCUT2D eigenvalue weighted by Crippen LogP contribution is -2.44. The first kappa shape index (κ1) is 17.8. The zero-order valence-electron chi connectivity index (χ0n) is 14.4. The number of nitrogens with one attached hydrogen (secondary N) is 1. The van der Waals surface area contributed by atoms with E-state index in [0.717, 1.165) is 21.1 Å². The molecule has 1 unspecified atom stereocenters. The molecule has 1 aliphatic carbocycles. The first-order valence-corrected chi connectivity index (χ1v) is 9.21. The van der Waals surface area contributed by atoms with Crippen LogP contribution in [0.1, 0.15) is 21.7 Å². The van der Waals surface area contributed by atoms with Gasteiger partial charge in [0.1, 0.15) is 16.6 Å². The molecule has 1 atom stereocenters. The molecular weight excluding hydrogens is 370 g/mol. The van der Waals surface area contributed by atoms with Crippen LogP contribution in [0, 0.1) is 18.6 Å². The summed E-state index contributed by atoms with van der Waals surface area (Å²) in [6.07, 6.45) is 0.578. The Morgan fingerprint density at radius 1 is 1.19 bits per heavy atom.